The molecule has 0 saturated carbocycles. The lowest BCUT2D eigenvalue weighted by Gasteiger charge is -2.10. The zero-order valence-corrected chi connectivity index (χ0v) is 21.1. The average Bonchev–Trinajstić information content (AvgIpc) is 2.88. The summed E-state index contributed by atoms with van der Waals surface area (Å²) in [6.07, 6.45) is 4.88. The van der Waals surface area contributed by atoms with Gasteiger partial charge >= 0.3 is 12.2 Å². The van der Waals surface area contributed by atoms with Crippen LogP contribution in [-0.2, 0) is 22.3 Å². The number of benzene rings is 2. The van der Waals surface area contributed by atoms with Crippen molar-refractivity contribution in [3.63, 3.8) is 0 Å². The summed E-state index contributed by atoms with van der Waals surface area (Å²) >= 11 is 0. The van der Waals surface area contributed by atoms with Gasteiger partial charge in [0.25, 0.3) is 0 Å². The van der Waals surface area contributed by atoms with Crippen LogP contribution in [0.1, 0.15) is 36.8 Å². The van der Waals surface area contributed by atoms with Crippen molar-refractivity contribution in [2.24, 2.45) is 0 Å². The highest BCUT2D eigenvalue weighted by molar-refractivity contribution is 5.87. The van der Waals surface area contributed by atoms with Gasteiger partial charge in [0.05, 0.1) is 25.6 Å². The smallest absolute Gasteiger partial charge is 0.411 e. The summed E-state index contributed by atoms with van der Waals surface area (Å²) in [6.45, 7) is 3.53. The molecule has 2 aromatic carbocycles. The number of amides is 2. The van der Waals surface area contributed by atoms with Crippen LogP contribution in [0.3, 0.4) is 0 Å². The second-order valence-corrected chi connectivity index (χ2v) is 8.35. The number of carbonyl (C=O) groups excluding carboxylic acids is 2. The summed E-state index contributed by atoms with van der Waals surface area (Å²) < 4.78 is 9.12. The number of hydrogen-bond donors (Lipinski definition) is 6. The molecule has 6 N–H and O–H groups in total. The fourth-order valence-corrected chi connectivity index (χ4v) is 3.57. The number of unbranched alkanes of at least 4 members (excludes halogenated alkanes) is 3. The van der Waals surface area contributed by atoms with Gasteiger partial charge < -0.3 is 30.3 Å². The summed E-state index contributed by atoms with van der Waals surface area (Å²) in [6, 6.07) is 10.3. The van der Waals surface area contributed by atoms with E-state index in [0.717, 1.165) is 75.8 Å². The molecule has 0 aliphatic heterocycles. The first-order chi connectivity index (χ1) is 17.4. The van der Waals surface area contributed by atoms with Crippen molar-refractivity contribution in [2.75, 3.05) is 51.0 Å². The van der Waals surface area contributed by atoms with Gasteiger partial charge in [0.15, 0.2) is 0 Å². The van der Waals surface area contributed by atoms with E-state index in [2.05, 4.69) is 30.7 Å². The van der Waals surface area contributed by atoms with E-state index in [4.69, 9.17) is 0 Å². The van der Waals surface area contributed by atoms with E-state index < -0.39 is 12.2 Å². The summed E-state index contributed by atoms with van der Waals surface area (Å²) in [5.74, 6) is 0.0167. The number of aromatic hydroxyl groups is 2. The highest BCUT2D eigenvalue weighted by Gasteiger charge is 2.08. The van der Waals surface area contributed by atoms with E-state index in [-0.39, 0.29) is 11.5 Å². The van der Waals surface area contributed by atoms with E-state index in [1.807, 2.05) is 12.1 Å². The molecule has 0 atom stereocenters. The number of hydrogen-bond acceptors (Lipinski definition) is 8. The van der Waals surface area contributed by atoms with E-state index >= 15 is 0 Å². The molecule has 10 nitrogen and oxygen atoms in total. The zero-order valence-electron chi connectivity index (χ0n) is 21.1. The first kappa shape index (κ1) is 28.7. The molecular weight excluding hydrogens is 464 g/mol. The van der Waals surface area contributed by atoms with Crippen molar-refractivity contribution in [3.8, 4) is 11.5 Å². The normalized spacial score (nSPS) is 10.6. The second kappa shape index (κ2) is 16.2. The largest absolute Gasteiger partial charge is 0.506 e. The van der Waals surface area contributed by atoms with E-state index in [1.165, 1.54) is 14.2 Å². The van der Waals surface area contributed by atoms with Crippen molar-refractivity contribution in [1.82, 2.24) is 10.6 Å². The standard InChI is InChI=1S/C26H38N4O6/c1-35-25(33)29-21-17-19(7-9-23(21)31)11-15-27-13-5-3-4-6-14-28-16-12-20-8-10-24(32)22(18-20)30-26(34)36-2/h7-10,17-18,27-28,31-32H,3-6,11-16H2,1-2H3,(H,29,33)(H,30,34). The van der Waals surface area contributed by atoms with Crippen LogP contribution < -0.4 is 21.3 Å². The minimum atomic E-state index is -0.614. The molecule has 0 heterocycles. The Kier molecular flexibility index (Phi) is 12.9. The summed E-state index contributed by atoms with van der Waals surface area (Å²) in [7, 11) is 2.56. The number of rotatable bonds is 15. The molecule has 0 spiro atoms. The third-order valence-electron chi connectivity index (χ3n) is 5.60. The third kappa shape index (κ3) is 10.8. The van der Waals surface area contributed by atoms with E-state index in [1.54, 1.807) is 24.3 Å². The molecule has 0 bridgehead atoms. The predicted octanol–water partition coefficient (Wildman–Crippen LogP) is 3.98. The summed E-state index contributed by atoms with van der Waals surface area (Å²) in [5, 5.41) is 31.5. The Hall–Kier alpha value is -3.50. The van der Waals surface area contributed by atoms with Crippen LogP contribution in [-0.4, -0.2) is 62.8 Å². The number of anilines is 2. The maximum absolute atomic E-state index is 11.3. The van der Waals surface area contributed by atoms with E-state index in [9.17, 15) is 19.8 Å². The Morgan fingerprint density at radius 2 is 1.08 bits per heavy atom. The third-order valence-corrected chi connectivity index (χ3v) is 5.60. The van der Waals surface area contributed by atoms with Gasteiger partial charge in [0, 0.05) is 0 Å². The Bertz CT molecular complexity index is 892. The van der Waals surface area contributed by atoms with Gasteiger partial charge in [-0.25, -0.2) is 9.59 Å². The SMILES string of the molecule is COC(=O)Nc1cc(CCNCCCCCCNCCc2ccc(O)c(NC(=O)OC)c2)ccc1O. The molecule has 0 saturated heterocycles. The molecule has 10 heteroatoms. The van der Waals surface area contributed by atoms with Crippen molar-refractivity contribution in [3.05, 3.63) is 47.5 Å². The fourth-order valence-electron chi connectivity index (χ4n) is 3.57. The number of phenols is 2. The van der Waals surface area contributed by atoms with Gasteiger partial charge in [-0.3, -0.25) is 10.6 Å². The first-order valence-corrected chi connectivity index (χ1v) is 12.2. The monoisotopic (exact) mass is 502 g/mol. The van der Waals surface area contributed by atoms with Crippen molar-refractivity contribution in [1.29, 1.82) is 0 Å². The molecule has 2 rings (SSSR count). The number of carbonyl (C=O) groups is 2. The highest BCUT2D eigenvalue weighted by atomic mass is 16.5. The van der Waals surface area contributed by atoms with Gasteiger partial charge in [-0.05, 0) is 87.3 Å². The van der Waals surface area contributed by atoms with Crippen LogP contribution in [0.25, 0.3) is 0 Å². The molecule has 2 aromatic rings. The Balaban J connectivity index is 1.49. The zero-order chi connectivity index (χ0) is 26.2. The number of nitrogens with one attached hydrogen (secondary N) is 4. The molecule has 2 amide bonds. The molecule has 0 unspecified atom stereocenters. The van der Waals surface area contributed by atoms with Crippen LogP contribution in [0.15, 0.2) is 36.4 Å². The molecule has 0 radical (unpaired) electrons. The van der Waals surface area contributed by atoms with E-state index in [0.29, 0.717) is 11.4 Å². The topological polar surface area (TPSA) is 141 Å². The quantitative estimate of drug-likeness (QED) is 0.159. The second-order valence-electron chi connectivity index (χ2n) is 8.35. The van der Waals surface area contributed by atoms with Gasteiger partial charge in [0.2, 0.25) is 0 Å². The molecule has 0 aliphatic carbocycles. The Morgan fingerprint density at radius 1 is 0.667 bits per heavy atom. The van der Waals surface area contributed by atoms with Crippen LogP contribution in [0.5, 0.6) is 11.5 Å². The lowest BCUT2D eigenvalue weighted by molar-refractivity contribution is 0.186. The number of phenolic OH excluding ortho intramolecular Hbond substituents is 2. The van der Waals surface area contributed by atoms with Crippen LogP contribution in [0.4, 0.5) is 21.0 Å². The predicted molar refractivity (Wildman–Crippen MR) is 140 cm³/mol. The van der Waals surface area contributed by atoms with Crippen molar-refractivity contribution < 1.29 is 29.3 Å². The van der Waals surface area contributed by atoms with Crippen LogP contribution in [0, 0.1) is 0 Å². The van der Waals surface area contributed by atoms with Crippen LogP contribution in [0.2, 0.25) is 0 Å². The van der Waals surface area contributed by atoms with Gasteiger partial charge in [0.1, 0.15) is 11.5 Å². The lowest BCUT2D eigenvalue weighted by atomic mass is 10.1. The number of methoxy groups -OCH3 is 2. The van der Waals surface area contributed by atoms with Gasteiger partial charge in [-0.15, -0.1) is 0 Å². The summed E-state index contributed by atoms with van der Waals surface area (Å²) in [4.78, 5) is 22.7. The number of ether oxygens (including phenoxy) is 2. The Morgan fingerprint density at radius 3 is 1.47 bits per heavy atom. The maximum Gasteiger partial charge on any atom is 0.411 e. The fraction of sp³-hybridized carbons (Fsp3) is 0.462. The van der Waals surface area contributed by atoms with Crippen LogP contribution >= 0.6 is 0 Å². The maximum atomic E-state index is 11.3. The highest BCUT2D eigenvalue weighted by Crippen LogP contribution is 2.25. The summed E-state index contributed by atoms with van der Waals surface area (Å²) in [5.41, 5.74) is 2.72. The Labute approximate surface area is 212 Å². The van der Waals surface area contributed by atoms with Crippen molar-refractivity contribution >= 4 is 23.6 Å². The molecule has 36 heavy (non-hydrogen) atoms. The minimum absolute atomic E-state index is 0.00836. The molecular formula is C26H38N4O6. The lowest BCUT2D eigenvalue weighted by Crippen LogP contribution is -2.19. The van der Waals surface area contributed by atoms with Gasteiger partial charge in [-0.2, -0.15) is 0 Å². The average molecular weight is 503 g/mol. The van der Waals surface area contributed by atoms with Gasteiger partial charge in [-0.1, -0.05) is 25.0 Å². The van der Waals surface area contributed by atoms with Crippen molar-refractivity contribution in [2.45, 2.75) is 38.5 Å². The minimum Gasteiger partial charge on any atom is -0.506 e. The molecule has 0 aliphatic rings. The molecule has 0 aromatic heterocycles. The first-order valence-electron chi connectivity index (χ1n) is 12.2. The molecule has 0 fully saturated rings. The molecule has 198 valence electrons.